The van der Waals surface area contributed by atoms with Crippen molar-refractivity contribution < 1.29 is 0 Å². The zero-order chi connectivity index (χ0) is 10.7. The van der Waals surface area contributed by atoms with Crippen LogP contribution in [0.4, 0.5) is 0 Å². The first-order valence-electron chi connectivity index (χ1n) is 5.94. The molecule has 1 aliphatic carbocycles. The van der Waals surface area contributed by atoms with Gasteiger partial charge in [-0.15, -0.1) is 0 Å². The molecule has 1 N–H and O–H groups in total. The molecular weight excluding hydrogens is 182 g/mol. The molecule has 1 fully saturated rings. The highest BCUT2D eigenvalue weighted by atomic mass is 14.8. The minimum atomic E-state index is 0.558. The maximum Gasteiger partial charge on any atom is 0.000799 e. The topological polar surface area (TPSA) is 12.0 Å². The van der Waals surface area contributed by atoms with Crippen molar-refractivity contribution in [3.63, 3.8) is 0 Å². The first kappa shape index (κ1) is 10.7. The van der Waals surface area contributed by atoms with Gasteiger partial charge in [0.2, 0.25) is 0 Å². The van der Waals surface area contributed by atoms with E-state index in [-0.39, 0.29) is 0 Å². The summed E-state index contributed by atoms with van der Waals surface area (Å²) in [6.45, 7) is 3.34. The van der Waals surface area contributed by atoms with Crippen LogP contribution in [0.25, 0.3) is 0 Å². The van der Waals surface area contributed by atoms with Gasteiger partial charge >= 0.3 is 0 Å². The van der Waals surface area contributed by atoms with Gasteiger partial charge in [-0.2, -0.15) is 0 Å². The molecule has 0 saturated heterocycles. The van der Waals surface area contributed by atoms with Crippen LogP contribution in [0.1, 0.15) is 30.4 Å². The molecule has 0 aromatic heterocycles. The van der Waals surface area contributed by atoms with E-state index in [0.717, 1.165) is 0 Å². The van der Waals surface area contributed by atoms with E-state index in [2.05, 4.69) is 43.6 Å². The zero-order valence-corrected chi connectivity index (χ0v) is 9.84. The predicted molar refractivity (Wildman–Crippen MR) is 65.1 cm³/mol. The van der Waals surface area contributed by atoms with Crippen molar-refractivity contribution in [2.75, 3.05) is 13.6 Å². The summed E-state index contributed by atoms with van der Waals surface area (Å²) in [5, 5.41) is 3.35. The van der Waals surface area contributed by atoms with Gasteiger partial charge in [0.25, 0.3) is 0 Å². The third kappa shape index (κ3) is 2.40. The van der Waals surface area contributed by atoms with Crippen molar-refractivity contribution in [3.8, 4) is 0 Å². The minimum absolute atomic E-state index is 0.558. The molecule has 0 aliphatic heterocycles. The molecule has 2 rings (SSSR count). The first-order valence-corrected chi connectivity index (χ1v) is 5.94. The van der Waals surface area contributed by atoms with Crippen molar-refractivity contribution in [1.82, 2.24) is 5.32 Å². The van der Waals surface area contributed by atoms with Gasteiger partial charge in [-0.05, 0) is 44.2 Å². The van der Waals surface area contributed by atoms with Gasteiger partial charge < -0.3 is 5.32 Å². The summed E-state index contributed by atoms with van der Waals surface area (Å²) >= 11 is 0. The van der Waals surface area contributed by atoms with Crippen LogP contribution in [-0.2, 0) is 6.42 Å². The van der Waals surface area contributed by atoms with Crippen LogP contribution >= 0.6 is 0 Å². The lowest BCUT2D eigenvalue weighted by molar-refractivity contribution is 0.133. The van der Waals surface area contributed by atoms with Crippen LogP contribution < -0.4 is 5.32 Å². The lowest BCUT2D eigenvalue weighted by atomic mass is 9.65. The van der Waals surface area contributed by atoms with Gasteiger partial charge in [-0.3, -0.25) is 0 Å². The van der Waals surface area contributed by atoms with Crippen molar-refractivity contribution in [3.05, 3.63) is 35.4 Å². The Kier molecular flexibility index (Phi) is 3.11. The van der Waals surface area contributed by atoms with E-state index in [9.17, 15) is 0 Å². The Labute approximate surface area is 92.9 Å². The summed E-state index contributed by atoms with van der Waals surface area (Å²) in [6, 6.07) is 8.95. The Balaban J connectivity index is 2.06. The number of aryl methyl sites for hydroxylation is 1. The molecule has 1 aliphatic rings. The minimum Gasteiger partial charge on any atom is -0.319 e. The molecule has 1 nitrogen and oxygen atoms in total. The summed E-state index contributed by atoms with van der Waals surface area (Å²) < 4.78 is 0. The number of benzene rings is 1. The maximum absolute atomic E-state index is 3.35. The first-order chi connectivity index (χ1) is 7.24. The zero-order valence-electron chi connectivity index (χ0n) is 9.84. The summed E-state index contributed by atoms with van der Waals surface area (Å²) in [7, 11) is 2.07. The van der Waals surface area contributed by atoms with Gasteiger partial charge in [0.15, 0.2) is 0 Å². The van der Waals surface area contributed by atoms with E-state index >= 15 is 0 Å². The van der Waals surface area contributed by atoms with E-state index in [1.54, 1.807) is 0 Å². The van der Waals surface area contributed by atoms with E-state index < -0.39 is 0 Å². The highest BCUT2D eigenvalue weighted by Crippen LogP contribution is 2.43. The van der Waals surface area contributed by atoms with Crippen LogP contribution in [0.3, 0.4) is 0 Å². The molecule has 0 atom stereocenters. The van der Waals surface area contributed by atoms with Gasteiger partial charge in [0, 0.05) is 6.54 Å². The lowest BCUT2D eigenvalue weighted by Crippen LogP contribution is -2.40. The van der Waals surface area contributed by atoms with Crippen LogP contribution in [0.2, 0.25) is 0 Å². The van der Waals surface area contributed by atoms with Gasteiger partial charge in [-0.25, -0.2) is 0 Å². The Hall–Kier alpha value is -0.820. The molecule has 0 radical (unpaired) electrons. The van der Waals surface area contributed by atoms with E-state index in [4.69, 9.17) is 0 Å². The Morgan fingerprint density at radius 2 is 2.13 bits per heavy atom. The molecule has 0 heterocycles. The quantitative estimate of drug-likeness (QED) is 0.793. The molecule has 1 saturated carbocycles. The molecule has 1 heteroatoms. The molecule has 0 unspecified atom stereocenters. The monoisotopic (exact) mass is 203 g/mol. The highest BCUT2D eigenvalue weighted by Gasteiger charge is 2.36. The Morgan fingerprint density at radius 3 is 2.67 bits per heavy atom. The molecule has 82 valence electrons. The standard InChI is InChI=1S/C14H21N/c1-12-5-3-6-13(9-12)10-14(11-15-2)7-4-8-14/h3,5-6,9,15H,4,7-8,10-11H2,1-2H3. The van der Waals surface area contributed by atoms with E-state index in [1.807, 2.05) is 0 Å². The van der Waals surface area contributed by atoms with Crippen LogP contribution in [0.15, 0.2) is 24.3 Å². The van der Waals surface area contributed by atoms with Crippen molar-refractivity contribution in [2.24, 2.45) is 5.41 Å². The molecule has 0 amide bonds. The molecule has 1 aromatic rings. The van der Waals surface area contributed by atoms with Gasteiger partial charge in [0.1, 0.15) is 0 Å². The maximum atomic E-state index is 3.35. The Morgan fingerprint density at radius 1 is 1.33 bits per heavy atom. The summed E-state index contributed by atoms with van der Waals surface area (Å²) in [4.78, 5) is 0. The smallest absolute Gasteiger partial charge is 0.000799 e. The lowest BCUT2D eigenvalue weighted by Gasteiger charge is -2.42. The largest absolute Gasteiger partial charge is 0.319 e. The Bertz CT molecular complexity index is 326. The van der Waals surface area contributed by atoms with Crippen LogP contribution in [0, 0.1) is 12.3 Å². The number of hydrogen-bond donors (Lipinski definition) is 1. The highest BCUT2D eigenvalue weighted by molar-refractivity contribution is 5.24. The second kappa shape index (κ2) is 4.36. The van der Waals surface area contributed by atoms with Crippen molar-refractivity contribution in [1.29, 1.82) is 0 Å². The number of hydrogen-bond acceptors (Lipinski definition) is 1. The summed E-state index contributed by atoms with van der Waals surface area (Å²) in [5.74, 6) is 0. The second-order valence-electron chi connectivity index (χ2n) is 5.05. The second-order valence-corrected chi connectivity index (χ2v) is 5.05. The van der Waals surface area contributed by atoms with E-state index in [1.165, 1.54) is 43.4 Å². The SMILES string of the molecule is CNCC1(Cc2cccc(C)c2)CCC1. The third-order valence-electron chi connectivity index (χ3n) is 3.63. The predicted octanol–water partition coefficient (Wildman–Crippen LogP) is 2.93. The molecular formula is C14H21N. The fourth-order valence-electron chi connectivity index (χ4n) is 2.72. The normalized spacial score (nSPS) is 18.5. The third-order valence-corrected chi connectivity index (χ3v) is 3.63. The molecule has 0 spiro atoms. The van der Waals surface area contributed by atoms with Gasteiger partial charge in [0.05, 0.1) is 0 Å². The van der Waals surface area contributed by atoms with Gasteiger partial charge in [-0.1, -0.05) is 36.2 Å². The summed E-state index contributed by atoms with van der Waals surface area (Å²) in [6.07, 6.45) is 5.44. The number of rotatable bonds is 4. The number of nitrogens with one attached hydrogen (secondary N) is 1. The van der Waals surface area contributed by atoms with Crippen molar-refractivity contribution in [2.45, 2.75) is 32.6 Å². The molecule has 1 aromatic carbocycles. The molecule has 15 heavy (non-hydrogen) atoms. The molecule has 0 bridgehead atoms. The van der Waals surface area contributed by atoms with Crippen LogP contribution in [-0.4, -0.2) is 13.6 Å². The van der Waals surface area contributed by atoms with Crippen LogP contribution in [0.5, 0.6) is 0 Å². The summed E-state index contributed by atoms with van der Waals surface area (Å²) in [5.41, 5.74) is 3.44. The average Bonchev–Trinajstić information content (AvgIpc) is 2.15. The van der Waals surface area contributed by atoms with Crippen molar-refractivity contribution >= 4 is 0 Å². The fourth-order valence-corrected chi connectivity index (χ4v) is 2.72. The average molecular weight is 203 g/mol. The van der Waals surface area contributed by atoms with E-state index in [0.29, 0.717) is 5.41 Å². The fraction of sp³-hybridized carbons (Fsp3) is 0.571.